The molecule has 8 heteroatoms. The molecule has 7 rings (SSSR count). The van der Waals surface area contributed by atoms with E-state index in [-0.39, 0.29) is 28.1 Å². The molecular weight excluding hydrogens is 468 g/mol. The summed E-state index contributed by atoms with van der Waals surface area (Å²) in [6.07, 6.45) is 1.75. The van der Waals surface area contributed by atoms with Crippen molar-refractivity contribution in [3.8, 4) is 17.0 Å². The van der Waals surface area contributed by atoms with E-state index in [0.29, 0.717) is 34.0 Å². The molecule has 2 atom stereocenters. The smallest absolute Gasteiger partial charge is 0.173 e. The van der Waals surface area contributed by atoms with Gasteiger partial charge < -0.3 is 14.4 Å². The second kappa shape index (κ2) is 7.29. The monoisotopic (exact) mass is 487 g/mol. The average Bonchev–Trinajstić information content (AvgIpc) is 3.21. The highest BCUT2D eigenvalue weighted by atomic mass is 35.5. The highest BCUT2D eigenvalue weighted by molar-refractivity contribution is 6.31. The van der Waals surface area contributed by atoms with Crippen molar-refractivity contribution in [3.05, 3.63) is 69.7 Å². The summed E-state index contributed by atoms with van der Waals surface area (Å²) in [4.78, 5) is 13.0. The zero-order valence-corrected chi connectivity index (χ0v) is 19.0. The minimum atomic E-state index is -0.772. The van der Waals surface area contributed by atoms with Crippen molar-refractivity contribution in [2.75, 3.05) is 0 Å². The Hall–Kier alpha value is -2.41. The van der Waals surface area contributed by atoms with Crippen LogP contribution in [0, 0.1) is 11.2 Å². The molecule has 2 aromatic carbocycles. The quantitative estimate of drug-likeness (QED) is 0.473. The molecule has 4 aliphatic rings. The highest BCUT2D eigenvalue weighted by Gasteiger charge is 2.70. The first-order valence-electron chi connectivity index (χ1n) is 10.9. The fourth-order valence-electron chi connectivity index (χ4n) is 5.86. The fourth-order valence-corrected chi connectivity index (χ4v) is 6.16. The maximum absolute atomic E-state index is 13.8. The molecule has 5 nitrogen and oxygen atoms in total. The summed E-state index contributed by atoms with van der Waals surface area (Å²) in [7, 11) is 0. The first-order chi connectivity index (χ1) is 15.8. The molecule has 0 spiro atoms. The molecule has 33 heavy (non-hydrogen) atoms. The summed E-state index contributed by atoms with van der Waals surface area (Å²) in [6.45, 7) is 0. The Bertz CT molecular complexity index is 1270. The largest absolute Gasteiger partial charge is 0.482 e. The van der Waals surface area contributed by atoms with Crippen LogP contribution in [0.15, 0.2) is 47.0 Å². The van der Waals surface area contributed by atoms with Gasteiger partial charge >= 0.3 is 0 Å². The van der Waals surface area contributed by atoms with E-state index in [1.165, 1.54) is 12.1 Å². The molecular formula is C25H20Cl2FNO4. The summed E-state index contributed by atoms with van der Waals surface area (Å²) in [5, 5.41) is 15.2. The number of benzene rings is 2. The normalized spacial score (nSPS) is 29.5. The minimum absolute atomic E-state index is 0.0119. The van der Waals surface area contributed by atoms with Crippen LogP contribution in [-0.2, 0) is 10.2 Å². The number of Topliss-reactive ketones (excluding diaryl/α,β-unsaturated/α-hetero) is 1. The lowest BCUT2D eigenvalue weighted by Gasteiger charge is -2.69. The van der Waals surface area contributed by atoms with Gasteiger partial charge in [0, 0.05) is 40.5 Å². The lowest BCUT2D eigenvalue weighted by Crippen LogP contribution is -2.65. The van der Waals surface area contributed by atoms with E-state index in [0.717, 1.165) is 25.0 Å². The van der Waals surface area contributed by atoms with Gasteiger partial charge in [0.1, 0.15) is 23.0 Å². The van der Waals surface area contributed by atoms with Gasteiger partial charge in [-0.25, -0.2) is 4.39 Å². The van der Waals surface area contributed by atoms with Crippen molar-refractivity contribution in [2.24, 2.45) is 5.41 Å². The van der Waals surface area contributed by atoms with Gasteiger partial charge in [0.15, 0.2) is 11.9 Å². The maximum atomic E-state index is 13.8. The Balaban J connectivity index is 1.11. The number of rotatable bonds is 5. The van der Waals surface area contributed by atoms with Crippen molar-refractivity contribution in [1.29, 1.82) is 0 Å². The predicted molar refractivity (Wildman–Crippen MR) is 120 cm³/mol. The van der Waals surface area contributed by atoms with E-state index < -0.39 is 18.0 Å². The molecule has 3 fully saturated rings. The van der Waals surface area contributed by atoms with Crippen LogP contribution in [0.3, 0.4) is 0 Å². The second-order valence-corrected chi connectivity index (χ2v) is 10.5. The van der Waals surface area contributed by atoms with Crippen LogP contribution < -0.4 is 4.74 Å². The maximum Gasteiger partial charge on any atom is 0.173 e. The van der Waals surface area contributed by atoms with Gasteiger partial charge in [-0.2, -0.15) is 0 Å². The van der Waals surface area contributed by atoms with E-state index in [1.807, 2.05) is 6.07 Å². The Labute approximate surface area is 199 Å². The lowest BCUT2D eigenvalue weighted by molar-refractivity contribution is -0.170. The van der Waals surface area contributed by atoms with Crippen LogP contribution in [0.1, 0.15) is 49.5 Å². The van der Waals surface area contributed by atoms with Gasteiger partial charge in [0.25, 0.3) is 0 Å². The lowest BCUT2D eigenvalue weighted by atomic mass is 9.33. The SMILES string of the molecule is O=C(CC12CC(c3cc(-c4ccc(Cl)c(F)c4)no3)(C1)C2)[C@@H]1C[C@@H](O)c2cc(Cl)ccc2O1. The molecule has 3 saturated carbocycles. The number of halogens is 3. The van der Waals surface area contributed by atoms with Crippen molar-refractivity contribution >= 4 is 29.0 Å². The second-order valence-electron chi connectivity index (χ2n) is 9.70. The van der Waals surface area contributed by atoms with Crippen molar-refractivity contribution < 1.29 is 23.6 Å². The molecule has 170 valence electrons. The first kappa shape index (κ1) is 21.1. The Morgan fingerprint density at radius 3 is 2.70 bits per heavy atom. The van der Waals surface area contributed by atoms with Crippen LogP contribution in [0.2, 0.25) is 10.0 Å². The van der Waals surface area contributed by atoms with Crippen LogP contribution in [-0.4, -0.2) is 22.2 Å². The third-order valence-corrected chi connectivity index (χ3v) is 7.88. The zero-order chi connectivity index (χ0) is 23.0. The number of aliphatic hydroxyl groups is 1. The van der Waals surface area contributed by atoms with Crippen LogP contribution in [0.4, 0.5) is 4.39 Å². The number of carbonyl (C=O) groups excluding carboxylic acids is 1. The number of carbonyl (C=O) groups is 1. The molecule has 0 unspecified atom stereocenters. The highest BCUT2D eigenvalue weighted by Crippen LogP contribution is 2.75. The van der Waals surface area contributed by atoms with Crippen molar-refractivity contribution in [2.45, 2.75) is 49.7 Å². The van der Waals surface area contributed by atoms with E-state index in [9.17, 15) is 14.3 Å². The summed E-state index contributed by atoms with van der Waals surface area (Å²) in [5.74, 6) is 0.802. The van der Waals surface area contributed by atoms with Gasteiger partial charge in [-0.3, -0.25) is 4.79 Å². The molecule has 1 aromatic heterocycles. The molecule has 0 radical (unpaired) electrons. The van der Waals surface area contributed by atoms with Crippen molar-refractivity contribution in [3.63, 3.8) is 0 Å². The number of hydrogen-bond donors (Lipinski definition) is 1. The summed E-state index contributed by atoms with van der Waals surface area (Å²) in [6, 6.07) is 11.5. The number of nitrogens with zero attached hydrogens (tertiary/aromatic N) is 1. The average molecular weight is 488 g/mol. The molecule has 1 aliphatic heterocycles. The zero-order valence-electron chi connectivity index (χ0n) is 17.5. The van der Waals surface area contributed by atoms with Gasteiger partial charge in [-0.05, 0) is 55.0 Å². The molecule has 3 aromatic rings. The number of ether oxygens (including phenoxy) is 1. The number of ketones is 1. The number of aromatic nitrogens is 1. The van der Waals surface area contributed by atoms with Gasteiger partial charge in [-0.1, -0.05) is 34.4 Å². The molecule has 0 saturated heterocycles. The van der Waals surface area contributed by atoms with E-state index in [4.69, 9.17) is 32.5 Å². The molecule has 2 heterocycles. The van der Waals surface area contributed by atoms with Gasteiger partial charge in [0.2, 0.25) is 0 Å². The Morgan fingerprint density at radius 2 is 1.94 bits per heavy atom. The third kappa shape index (κ3) is 3.38. The third-order valence-electron chi connectivity index (χ3n) is 7.33. The number of fused-ring (bicyclic) bond motifs is 1. The van der Waals surface area contributed by atoms with E-state index >= 15 is 0 Å². The standard InChI is InChI=1S/C25H20Cl2FNO4/c26-14-2-4-21-15(6-14)19(30)8-22(32-21)20(31)9-24-10-25(11-24,12-24)23-7-18(29-33-23)13-1-3-16(27)17(28)5-13/h1-7,19,22,30H,8-12H2/t19-,22+,24?,25?/m1/s1. The molecule has 3 aliphatic carbocycles. The van der Waals surface area contributed by atoms with Gasteiger partial charge in [-0.15, -0.1) is 0 Å². The number of hydrogen-bond acceptors (Lipinski definition) is 5. The molecule has 2 bridgehead atoms. The number of aliphatic hydroxyl groups excluding tert-OH is 1. The predicted octanol–water partition coefficient (Wildman–Crippen LogP) is 6.05. The summed E-state index contributed by atoms with van der Waals surface area (Å²) >= 11 is 11.8. The van der Waals surface area contributed by atoms with Crippen LogP contribution >= 0.6 is 23.2 Å². The van der Waals surface area contributed by atoms with Crippen LogP contribution in [0.5, 0.6) is 5.75 Å². The van der Waals surface area contributed by atoms with Gasteiger partial charge in [0.05, 0.1) is 11.1 Å². The molecule has 0 amide bonds. The summed E-state index contributed by atoms with van der Waals surface area (Å²) < 4.78 is 25.3. The van der Waals surface area contributed by atoms with E-state index in [2.05, 4.69) is 5.16 Å². The summed E-state index contributed by atoms with van der Waals surface area (Å²) in [5.41, 5.74) is 1.65. The Kier molecular flexibility index (Phi) is 4.67. The van der Waals surface area contributed by atoms with E-state index in [1.54, 1.807) is 24.3 Å². The van der Waals surface area contributed by atoms with Crippen molar-refractivity contribution in [1.82, 2.24) is 5.16 Å². The topological polar surface area (TPSA) is 72.6 Å². The van der Waals surface area contributed by atoms with Crippen LogP contribution in [0.25, 0.3) is 11.3 Å². The first-order valence-corrected chi connectivity index (χ1v) is 11.6. The molecule has 1 N–H and O–H groups in total. The minimum Gasteiger partial charge on any atom is -0.482 e. The fraction of sp³-hybridized carbons (Fsp3) is 0.360. The Morgan fingerprint density at radius 1 is 1.15 bits per heavy atom.